The number of primary amides is 1. The van der Waals surface area contributed by atoms with Crippen LogP contribution in [0.25, 0.3) is 0 Å². The van der Waals surface area contributed by atoms with Gasteiger partial charge in [0.25, 0.3) is 5.91 Å². The maximum atomic E-state index is 12.8. The van der Waals surface area contributed by atoms with E-state index in [1.807, 2.05) is 0 Å². The van der Waals surface area contributed by atoms with Crippen LogP contribution in [-0.2, 0) is 33.5 Å². The molecule has 0 aromatic carbocycles. The van der Waals surface area contributed by atoms with E-state index in [1.54, 1.807) is 7.05 Å². The summed E-state index contributed by atoms with van der Waals surface area (Å²) in [6.45, 7) is 0.644. The Kier molecular flexibility index (Phi) is 10.7. The van der Waals surface area contributed by atoms with Crippen LogP contribution in [0.15, 0.2) is 5.10 Å². The fourth-order valence-electron chi connectivity index (χ4n) is 3.14. The van der Waals surface area contributed by atoms with Gasteiger partial charge in [-0.1, -0.05) is 0 Å². The van der Waals surface area contributed by atoms with Gasteiger partial charge < -0.3 is 35.9 Å². The maximum Gasteiger partial charge on any atom is 0.325 e. The molecule has 0 aromatic heterocycles. The van der Waals surface area contributed by atoms with Gasteiger partial charge in [-0.2, -0.15) is 5.10 Å². The molecule has 1 aliphatic heterocycles. The number of esters is 1. The smallest absolute Gasteiger partial charge is 0.325 e. The number of rotatable bonds is 12. The first-order valence-corrected chi connectivity index (χ1v) is 10.2. The van der Waals surface area contributed by atoms with E-state index in [0.717, 1.165) is 9.80 Å². The Labute approximate surface area is 191 Å². The van der Waals surface area contributed by atoms with Gasteiger partial charge in [0, 0.05) is 27.7 Å². The van der Waals surface area contributed by atoms with E-state index in [9.17, 15) is 28.8 Å². The van der Waals surface area contributed by atoms with E-state index in [0.29, 0.717) is 25.8 Å². The Morgan fingerprint density at radius 1 is 1.24 bits per heavy atom. The van der Waals surface area contributed by atoms with Gasteiger partial charge in [-0.15, -0.1) is 0 Å². The summed E-state index contributed by atoms with van der Waals surface area (Å²) in [6.07, 6.45) is 1.50. The zero-order valence-corrected chi connectivity index (χ0v) is 19.2. The Bertz CT molecular complexity index is 801. The predicted octanol–water partition coefficient (Wildman–Crippen LogP) is -3.37. The molecule has 1 rings (SSSR count). The summed E-state index contributed by atoms with van der Waals surface area (Å²) in [6, 6.07) is -2.06. The first-order chi connectivity index (χ1) is 15.5. The molecule has 1 aliphatic rings. The average Bonchev–Trinajstić information content (AvgIpc) is 3.24. The summed E-state index contributed by atoms with van der Waals surface area (Å²) >= 11 is 0. The summed E-state index contributed by atoms with van der Waals surface area (Å²) in [4.78, 5) is 75.1. The van der Waals surface area contributed by atoms with Crippen LogP contribution in [0.4, 0.5) is 0 Å². The molecule has 1 heterocycles. The van der Waals surface area contributed by atoms with Crippen LogP contribution < -0.4 is 16.5 Å². The minimum Gasteiger partial charge on any atom is -0.462 e. The molecule has 33 heavy (non-hydrogen) atoms. The van der Waals surface area contributed by atoms with Crippen LogP contribution in [0.5, 0.6) is 0 Å². The number of hydrogen-bond donors (Lipinski definition) is 3. The highest BCUT2D eigenvalue weighted by Crippen LogP contribution is 2.19. The van der Waals surface area contributed by atoms with Crippen molar-refractivity contribution in [2.45, 2.75) is 31.8 Å². The zero-order valence-electron chi connectivity index (χ0n) is 19.2. The molecular formula is C19H31N7O7. The quantitative estimate of drug-likeness (QED) is 0.114. The number of likely N-dealkylation sites (N-methyl/N-ethyl adjacent to an activating group) is 2. The van der Waals surface area contributed by atoms with Crippen LogP contribution in [0.3, 0.4) is 0 Å². The zero-order chi connectivity index (χ0) is 25.1. The second-order valence-corrected chi connectivity index (χ2v) is 7.50. The van der Waals surface area contributed by atoms with E-state index < -0.39 is 48.9 Å². The molecule has 4 N–H and O–H groups in total. The van der Waals surface area contributed by atoms with Crippen molar-refractivity contribution < 1.29 is 33.5 Å². The first kappa shape index (κ1) is 27.3. The second kappa shape index (κ2) is 13.0. The number of nitrogens with two attached hydrogens (primary N) is 1. The number of amides is 5. The number of hydrazone groups is 1. The summed E-state index contributed by atoms with van der Waals surface area (Å²) < 4.78 is 4.86. The Hall–Kier alpha value is -3.71. The summed E-state index contributed by atoms with van der Waals surface area (Å²) in [7, 11) is 4.31. The lowest BCUT2D eigenvalue weighted by Gasteiger charge is -2.28. The Morgan fingerprint density at radius 2 is 1.91 bits per heavy atom. The van der Waals surface area contributed by atoms with Crippen molar-refractivity contribution in [2.24, 2.45) is 10.8 Å². The van der Waals surface area contributed by atoms with Gasteiger partial charge in [-0.05, 0) is 19.8 Å². The largest absolute Gasteiger partial charge is 0.462 e. The molecule has 0 aliphatic carbocycles. The van der Waals surface area contributed by atoms with Crippen LogP contribution in [0.2, 0.25) is 0 Å². The maximum absolute atomic E-state index is 12.8. The van der Waals surface area contributed by atoms with Crippen LogP contribution in [0.1, 0.15) is 19.8 Å². The lowest BCUT2D eigenvalue weighted by molar-refractivity contribution is -0.148. The molecule has 1 saturated heterocycles. The van der Waals surface area contributed by atoms with Crippen molar-refractivity contribution in [1.29, 1.82) is 0 Å². The molecule has 0 bridgehead atoms. The van der Waals surface area contributed by atoms with Crippen molar-refractivity contribution >= 4 is 41.7 Å². The number of carbonyl (C=O) groups is 6. The summed E-state index contributed by atoms with van der Waals surface area (Å²) in [5, 5.41) is 6.15. The highest BCUT2D eigenvalue weighted by Gasteiger charge is 2.37. The number of nitrogens with one attached hydrogen (secondary N) is 2. The summed E-state index contributed by atoms with van der Waals surface area (Å²) in [5.74, 6) is -3.26. The highest BCUT2D eigenvalue weighted by atomic mass is 16.5. The third-order valence-electron chi connectivity index (χ3n) is 4.79. The number of nitrogens with zero attached hydrogens (tertiary/aromatic N) is 4. The molecule has 5 amide bonds. The van der Waals surface area contributed by atoms with Crippen molar-refractivity contribution in [2.75, 3.05) is 47.4 Å². The monoisotopic (exact) mass is 469 g/mol. The van der Waals surface area contributed by atoms with Gasteiger partial charge in [-0.25, -0.2) is 0 Å². The number of ether oxygens (including phenoxy) is 1. The van der Waals surface area contributed by atoms with Gasteiger partial charge in [0.05, 0.1) is 6.54 Å². The van der Waals surface area contributed by atoms with Gasteiger partial charge in [-0.3, -0.25) is 28.8 Å². The van der Waals surface area contributed by atoms with E-state index in [2.05, 4.69) is 15.8 Å². The fourth-order valence-corrected chi connectivity index (χ4v) is 3.14. The molecule has 0 saturated carbocycles. The molecule has 0 spiro atoms. The topological polar surface area (TPSA) is 184 Å². The van der Waals surface area contributed by atoms with E-state index >= 15 is 0 Å². The van der Waals surface area contributed by atoms with E-state index in [4.69, 9.17) is 10.5 Å². The lowest BCUT2D eigenvalue weighted by atomic mass is 10.2. The molecule has 0 aromatic rings. The van der Waals surface area contributed by atoms with Crippen LogP contribution >= 0.6 is 0 Å². The SMILES string of the molecule is CN/N=C(\C)C(=O)N1CCCC1C(=O)N(C)CC(=O)NC(COC(=O)CN(C)C=O)C(N)=O. The van der Waals surface area contributed by atoms with Crippen molar-refractivity contribution in [1.82, 2.24) is 25.4 Å². The molecule has 184 valence electrons. The predicted molar refractivity (Wildman–Crippen MR) is 115 cm³/mol. The number of carbonyl (C=O) groups excluding carboxylic acids is 6. The van der Waals surface area contributed by atoms with E-state index in [-0.39, 0.29) is 18.2 Å². The second-order valence-electron chi connectivity index (χ2n) is 7.50. The Balaban J connectivity index is 2.67. The van der Waals surface area contributed by atoms with Crippen LogP contribution in [0, 0.1) is 0 Å². The van der Waals surface area contributed by atoms with Crippen molar-refractivity contribution in [3.05, 3.63) is 0 Å². The lowest BCUT2D eigenvalue weighted by Crippen LogP contribution is -2.53. The molecule has 14 heteroatoms. The molecule has 1 fully saturated rings. The van der Waals surface area contributed by atoms with Gasteiger partial charge >= 0.3 is 5.97 Å². The summed E-state index contributed by atoms with van der Waals surface area (Å²) in [5.41, 5.74) is 7.97. The third-order valence-corrected chi connectivity index (χ3v) is 4.79. The van der Waals surface area contributed by atoms with Crippen LogP contribution in [-0.4, -0.2) is 116 Å². The van der Waals surface area contributed by atoms with Crippen molar-refractivity contribution in [3.8, 4) is 0 Å². The number of hydrogen-bond acceptors (Lipinski definition) is 9. The van der Waals surface area contributed by atoms with Gasteiger partial charge in [0.15, 0.2) is 0 Å². The standard InChI is InChI=1S/C19H31N7O7/c1-12(23-21-2)18(31)26-7-5-6-14(26)19(32)25(4)8-15(28)22-13(17(20)30)10-33-16(29)9-24(3)11-27/h11,13-14,21H,5-10H2,1-4H3,(H2,20,30)(H,22,28)/b23-12+. The average molecular weight is 469 g/mol. The minimum absolute atomic E-state index is 0.204. The fraction of sp³-hybridized carbons (Fsp3) is 0.632. The highest BCUT2D eigenvalue weighted by molar-refractivity contribution is 6.38. The van der Waals surface area contributed by atoms with Gasteiger partial charge in [0.2, 0.25) is 24.1 Å². The first-order valence-electron chi connectivity index (χ1n) is 10.2. The Morgan fingerprint density at radius 3 is 2.48 bits per heavy atom. The minimum atomic E-state index is -1.32. The normalized spacial score (nSPS) is 16.4. The molecular weight excluding hydrogens is 438 g/mol. The molecule has 2 atom stereocenters. The molecule has 2 unspecified atom stereocenters. The van der Waals surface area contributed by atoms with E-state index in [1.165, 1.54) is 25.9 Å². The van der Waals surface area contributed by atoms with Crippen molar-refractivity contribution in [3.63, 3.8) is 0 Å². The number of likely N-dealkylation sites (tertiary alicyclic amines) is 1. The molecule has 14 nitrogen and oxygen atoms in total. The van der Waals surface area contributed by atoms with Gasteiger partial charge in [0.1, 0.15) is 30.9 Å². The molecule has 0 radical (unpaired) electrons. The third kappa shape index (κ3) is 8.38.